The molecule has 0 aliphatic carbocycles. The van der Waals surface area contributed by atoms with Crippen molar-refractivity contribution in [3.8, 4) is 0 Å². The maximum Gasteiger partial charge on any atom is 0.139 e. The van der Waals surface area contributed by atoms with Gasteiger partial charge in [0.2, 0.25) is 0 Å². The molecule has 2 N–H and O–H groups in total. The molecule has 108 valence electrons. The summed E-state index contributed by atoms with van der Waals surface area (Å²) in [5, 5.41) is 0. The summed E-state index contributed by atoms with van der Waals surface area (Å²) in [5.74, 6) is 0.394. The van der Waals surface area contributed by atoms with Crippen LogP contribution < -0.4 is 5.73 Å². The van der Waals surface area contributed by atoms with E-state index in [-0.39, 0.29) is 0 Å². The number of nitrogens with zero attached hydrogens (tertiary/aromatic N) is 2. The molecule has 0 aliphatic heterocycles. The second-order valence-electron chi connectivity index (χ2n) is 4.89. The highest BCUT2D eigenvalue weighted by Gasteiger charge is 2.19. The highest BCUT2D eigenvalue weighted by atomic mass is 32.2. The lowest BCUT2D eigenvalue weighted by atomic mass is 10.2. The number of anilines is 1. The van der Waals surface area contributed by atoms with E-state index >= 15 is 0 Å². The van der Waals surface area contributed by atoms with E-state index in [1.165, 1.54) is 0 Å². The Morgan fingerprint density at radius 3 is 2.16 bits per heavy atom. The Bertz CT molecular complexity index is 498. The molecule has 5 heteroatoms. The SMILES string of the molecule is CCN(CC)S(=O)(=NCC(C)C)c1ccc(N)cc1. The van der Waals surface area contributed by atoms with Gasteiger partial charge in [0.05, 0.1) is 11.4 Å². The summed E-state index contributed by atoms with van der Waals surface area (Å²) < 4.78 is 19.7. The molecule has 4 nitrogen and oxygen atoms in total. The lowest BCUT2D eigenvalue weighted by Gasteiger charge is -2.24. The highest BCUT2D eigenvalue weighted by Crippen LogP contribution is 2.20. The summed E-state index contributed by atoms with van der Waals surface area (Å²) in [6, 6.07) is 7.20. The molecular weight excluding hydrogens is 258 g/mol. The first-order valence-electron chi connectivity index (χ1n) is 6.77. The Morgan fingerprint density at radius 1 is 1.21 bits per heavy atom. The molecule has 0 fully saturated rings. The Morgan fingerprint density at radius 2 is 1.74 bits per heavy atom. The summed E-state index contributed by atoms with van der Waals surface area (Å²) >= 11 is 0. The van der Waals surface area contributed by atoms with Gasteiger partial charge in [0.15, 0.2) is 0 Å². The molecule has 0 saturated heterocycles. The van der Waals surface area contributed by atoms with Crippen LogP contribution in [0.15, 0.2) is 33.5 Å². The summed E-state index contributed by atoms with van der Waals surface area (Å²) in [7, 11) is -2.52. The molecule has 1 aromatic carbocycles. The average molecular weight is 283 g/mol. The number of nitrogens with two attached hydrogens (primary N) is 1. The van der Waals surface area contributed by atoms with Crippen LogP contribution in [0.2, 0.25) is 0 Å². The molecule has 1 rings (SSSR count). The van der Waals surface area contributed by atoms with Gasteiger partial charge in [-0.3, -0.25) is 0 Å². The lowest BCUT2D eigenvalue weighted by molar-refractivity contribution is 0.479. The first-order valence-corrected chi connectivity index (χ1v) is 8.24. The quantitative estimate of drug-likeness (QED) is 0.816. The van der Waals surface area contributed by atoms with Gasteiger partial charge in [0.25, 0.3) is 0 Å². The minimum atomic E-state index is -2.52. The van der Waals surface area contributed by atoms with E-state index in [0.717, 1.165) is 4.90 Å². The Labute approximate surface area is 117 Å². The number of benzene rings is 1. The van der Waals surface area contributed by atoms with Gasteiger partial charge < -0.3 is 5.73 Å². The van der Waals surface area contributed by atoms with Crippen LogP contribution >= 0.6 is 0 Å². The zero-order valence-electron chi connectivity index (χ0n) is 12.3. The van der Waals surface area contributed by atoms with E-state index in [2.05, 4.69) is 18.2 Å². The third-order valence-electron chi connectivity index (χ3n) is 2.86. The Balaban J connectivity index is 3.30. The molecule has 0 saturated carbocycles. The van der Waals surface area contributed by atoms with Crippen molar-refractivity contribution < 1.29 is 4.21 Å². The second-order valence-corrected chi connectivity index (χ2v) is 7.12. The first-order chi connectivity index (χ1) is 8.93. The second kappa shape index (κ2) is 6.91. The number of nitrogen functional groups attached to an aromatic ring is 1. The number of rotatable bonds is 6. The van der Waals surface area contributed by atoms with Crippen LogP contribution in [-0.4, -0.2) is 28.1 Å². The lowest BCUT2D eigenvalue weighted by Crippen LogP contribution is -2.31. The fourth-order valence-electron chi connectivity index (χ4n) is 1.77. The standard InChI is InChI=1S/C14H25N3OS/c1-5-17(6-2)19(18,16-11-12(3)4)14-9-7-13(15)8-10-14/h7-10,12H,5-6,11,15H2,1-4H3. The fourth-order valence-corrected chi connectivity index (χ4v) is 4.08. The van der Waals surface area contributed by atoms with E-state index < -0.39 is 9.92 Å². The minimum Gasteiger partial charge on any atom is -0.399 e. The molecule has 0 heterocycles. The molecule has 0 spiro atoms. The summed E-state index contributed by atoms with van der Waals surface area (Å²) in [4.78, 5) is 0.742. The number of hydrogen-bond donors (Lipinski definition) is 1. The van der Waals surface area contributed by atoms with Crippen molar-refractivity contribution in [2.75, 3.05) is 25.4 Å². The van der Waals surface area contributed by atoms with Crippen molar-refractivity contribution in [2.24, 2.45) is 10.3 Å². The van der Waals surface area contributed by atoms with Gasteiger partial charge in [0.1, 0.15) is 9.92 Å². The zero-order valence-corrected chi connectivity index (χ0v) is 13.1. The summed E-state index contributed by atoms with van der Waals surface area (Å²) in [5.41, 5.74) is 6.37. The van der Waals surface area contributed by atoms with Crippen LogP contribution in [0.5, 0.6) is 0 Å². The predicted octanol–water partition coefficient (Wildman–Crippen LogP) is 3.01. The largest absolute Gasteiger partial charge is 0.399 e. The van der Waals surface area contributed by atoms with E-state index in [9.17, 15) is 4.21 Å². The Hall–Kier alpha value is -1.07. The van der Waals surface area contributed by atoms with Crippen molar-refractivity contribution in [1.29, 1.82) is 0 Å². The van der Waals surface area contributed by atoms with Crippen LogP contribution in [0.1, 0.15) is 27.7 Å². The van der Waals surface area contributed by atoms with Gasteiger partial charge in [-0.1, -0.05) is 27.7 Å². The third kappa shape index (κ3) is 3.94. The van der Waals surface area contributed by atoms with Crippen LogP contribution in [0.25, 0.3) is 0 Å². The van der Waals surface area contributed by atoms with Crippen LogP contribution in [-0.2, 0) is 9.92 Å². The third-order valence-corrected chi connectivity index (χ3v) is 5.46. The van der Waals surface area contributed by atoms with E-state index in [1.54, 1.807) is 12.1 Å². The molecule has 19 heavy (non-hydrogen) atoms. The molecule has 0 aromatic heterocycles. The van der Waals surface area contributed by atoms with E-state index in [1.807, 2.05) is 30.3 Å². The van der Waals surface area contributed by atoms with Gasteiger partial charge in [-0.15, -0.1) is 0 Å². The molecule has 1 aromatic rings. The molecule has 0 aliphatic rings. The molecular formula is C14H25N3OS. The molecule has 1 unspecified atom stereocenters. The van der Waals surface area contributed by atoms with Gasteiger partial charge >= 0.3 is 0 Å². The maximum absolute atomic E-state index is 13.3. The van der Waals surface area contributed by atoms with Gasteiger partial charge in [-0.25, -0.2) is 12.9 Å². The monoisotopic (exact) mass is 283 g/mol. The topological polar surface area (TPSA) is 58.7 Å². The average Bonchev–Trinajstić information content (AvgIpc) is 2.38. The summed E-state index contributed by atoms with van der Waals surface area (Å²) in [6.07, 6.45) is 0. The predicted molar refractivity (Wildman–Crippen MR) is 82.3 cm³/mol. The normalized spacial score (nSPS) is 14.6. The van der Waals surface area contributed by atoms with Crippen molar-refractivity contribution in [3.63, 3.8) is 0 Å². The van der Waals surface area contributed by atoms with Crippen molar-refractivity contribution in [3.05, 3.63) is 24.3 Å². The van der Waals surface area contributed by atoms with Gasteiger partial charge in [0, 0.05) is 18.8 Å². The highest BCUT2D eigenvalue weighted by molar-refractivity contribution is 7.91. The van der Waals surface area contributed by atoms with Crippen LogP contribution in [0, 0.1) is 5.92 Å². The van der Waals surface area contributed by atoms with Crippen molar-refractivity contribution in [1.82, 2.24) is 4.31 Å². The first kappa shape index (κ1) is 16.0. The summed E-state index contributed by atoms with van der Waals surface area (Å²) in [6.45, 7) is 10.2. The van der Waals surface area contributed by atoms with Crippen LogP contribution in [0.3, 0.4) is 0 Å². The Kier molecular flexibility index (Phi) is 5.82. The molecule has 0 bridgehead atoms. The molecule has 0 radical (unpaired) electrons. The molecule has 1 atom stereocenters. The van der Waals surface area contributed by atoms with Gasteiger partial charge in [-0.05, 0) is 30.2 Å². The minimum absolute atomic E-state index is 0.394. The van der Waals surface area contributed by atoms with E-state index in [4.69, 9.17) is 5.73 Å². The van der Waals surface area contributed by atoms with Crippen LogP contribution in [0.4, 0.5) is 5.69 Å². The maximum atomic E-state index is 13.3. The molecule has 0 amide bonds. The van der Waals surface area contributed by atoms with Crippen molar-refractivity contribution in [2.45, 2.75) is 32.6 Å². The van der Waals surface area contributed by atoms with Crippen molar-refractivity contribution >= 4 is 15.6 Å². The van der Waals surface area contributed by atoms with Gasteiger partial charge in [-0.2, -0.15) is 0 Å². The zero-order chi connectivity index (χ0) is 14.5. The fraction of sp³-hybridized carbons (Fsp3) is 0.571. The smallest absolute Gasteiger partial charge is 0.139 e. The van der Waals surface area contributed by atoms with E-state index in [0.29, 0.717) is 31.2 Å². The number of hydrogen-bond acceptors (Lipinski definition) is 3.